The molecule has 14 heavy (non-hydrogen) atoms. The summed E-state index contributed by atoms with van der Waals surface area (Å²) in [5.74, 6) is 1.38. The summed E-state index contributed by atoms with van der Waals surface area (Å²) >= 11 is 0. The van der Waals surface area contributed by atoms with Crippen LogP contribution in [0.1, 0.15) is 25.1 Å². The Kier molecular flexibility index (Phi) is 2.58. The van der Waals surface area contributed by atoms with Gasteiger partial charge in [-0.15, -0.1) is 0 Å². The van der Waals surface area contributed by atoms with E-state index in [1.807, 2.05) is 12.3 Å². The van der Waals surface area contributed by atoms with Crippen LogP contribution in [0.3, 0.4) is 0 Å². The number of hydrogen-bond donors (Lipinski definition) is 0. The fraction of sp³-hybridized carbons (Fsp3) is 0.444. The van der Waals surface area contributed by atoms with Crippen molar-refractivity contribution >= 4 is 0 Å². The highest BCUT2D eigenvalue weighted by Crippen LogP contribution is 2.01. The average molecular weight is 192 g/mol. The van der Waals surface area contributed by atoms with Gasteiger partial charge in [0.2, 0.25) is 5.89 Å². The van der Waals surface area contributed by atoms with Crippen LogP contribution < -0.4 is 0 Å². The van der Waals surface area contributed by atoms with Gasteiger partial charge in [-0.25, -0.2) is 0 Å². The minimum absolute atomic E-state index is 0.545. The van der Waals surface area contributed by atoms with Gasteiger partial charge in [0.15, 0.2) is 5.82 Å². The molecule has 0 N–H and O–H groups in total. The van der Waals surface area contributed by atoms with E-state index in [0.29, 0.717) is 12.4 Å². The van der Waals surface area contributed by atoms with E-state index in [2.05, 4.69) is 22.2 Å². The standard InChI is InChI=1S/C9H12N4O/c1-2-4-8-11-9(14-12-8)7-13-6-3-5-10-13/h3,5-6H,2,4,7H2,1H3. The Morgan fingerprint density at radius 1 is 1.50 bits per heavy atom. The molecule has 0 saturated heterocycles. The molecule has 0 aliphatic heterocycles. The van der Waals surface area contributed by atoms with E-state index in [-0.39, 0.29) is 0 Å². The Labute approximate surface area is 81.7 Å². The fourth-order valence-corrected chi connectivity index (χ4v) is 1.21. The van der Waals surface area contributed by atoms with E-state index in [1.54, 1.807) is 10.9 Å². The summed E-state index contributed by atoms with van der Waals surface area (Å²) in [5, 5.41) is 7.91. The van der Waals surface area contributed by atoms with Crippen LogP contribution in [0, 0.1) is 0 Å². The first kappa shape index (κ1) is 8.93. The summed E-state index contributed by atoms with van der Waals surface area (Å²) < 4.78 is 6.82. The zero-order chi connectivity index (χ0) is 9.80. The molecule has 0 amide bonds. The topological polar surface area (TPSA) is 56.7 Å². The van der Waals surface area contributed by atoms with Crippen molar-refractivity contribution in [1.82, 2.24) is 19.9 Å². The minimum Gasteiger partial charge on any atom is -0.337 e. The Balaban J connectivity index is 2.03. The van der Waals surface area contributed by atoms with Crippen LogP contribution in [0.25, 0.3) is 0 Å². The van der Waals surface area contributed by atoms with Crippen LogP contribution >= 0.6 is 0 Å². The summed E-state index contributed by atoms with van der Waals surface area (Å²) in [5.41, 5.74) is 0. The molecule has 0 radical (unpaired) electrons. The smallest absolute Gasteiger partial charge is 0.248 e. The van der Waals surface area contributed by atoms with E-state index in [0.717, 1.165) is 18.7 Å². The summed E-state index contributed by atoms with van der Waals surface area (Å²) in [7, 11) is 0. The maximum atomic E-state index is 5.07. The molecule has 5 heteroatoms. The number of aromatic nitrogens is 4. The van der Waals surface area contributed by atoms with Crippen molar-refractivity contribution in [1.29, 1.82) is 0 Å². The monoisotopic (exact) mass is 192 g/mol. The van der Waals surface area contributed by atoms with E-state index in [9.17, 15) is 0 Å². The highest BCUT2D eigenvalue weighted by molar-refractivity contribution is 4.88. The van der Waals surface area contributed by atoms with Gasteiger partial charge in [0.25, 0.3) is 0 Å². The molecule has 5 nitrogen and oxygen atoms in total. The molecule has 0 unspecified atom stereocenters. The fourth-order valence-electron chi connectivity index (χ4n) is 1.21. The van der Waals surface area contributed by atoms with Crippen molar-refractivity contribution < 1.29 is 4.52 Å². The molecule has 2 heterocycles. The van der Waals surface area contributed by atoms with E-state index < -0.39 is 0 Å². The molecule has 0 atom stereocenters. The third kappa shape index (κ3) is 1.99. The Morgan fingerprint density at radius 3 is 3.14 bits per heavy atom. The molecule has 0 fully saturated rings. The molecule has 2 aromatic rings. The Hall–Kier alpha value is -1.65. The summed E-state index contributed by atoms with van der Waals surface area (Å²) in [6, 6.07) is 1.86. The summed E-state index contributed by atoms with van der Waals surface area (Å²) in [6.45, 7) is 2.63. The maximum absolute atomic E-state index is 5.07. The van der Waals surface area contributed by atoms with Gasteiger partial charge in [-0.1, -0.05) is 12.1 Å². The van der Waals surface area contributed by atoms with Crippen molar-refractivity contribution in [2.24, 2.45) is 0 Å². The number of nitrogens with zero attached hydrogens (tertiary/aromatic N) is 4. The first-order valence-electron chi connectivity index (χ1n) is 4.67. The maximum Gasteiger partial charge on any atom is 0.248 e. The average Bonchev–Trinajstić information content (AvgIpc) is 2.79. The van der Waals surface area contributed by atoms with Crippen LogP contribution in [-0.2, 0) is 13.0 Å². The second kappa shape index (κ2) is 4.04. The Bertz CT molecular complexity index is 379. The van der Waals surface area contributed by atoms with Gasteiger partial charge >= 0.3 is 0 Å². The summed E-state index contributed by atoms with van der Waals surface area (Å²) in [6.07, 6.45) is 5.48. The molecule has 74 valence electrons. The van der Waals surface area contributed by atoms with Gasteiger partial charge in [-0.05, 0) is 12.5 Å². The van der Waals surface area contributed by atoms with Crippen molar-refractivity contribution in [3.63, 3.8) is 0 Å². The molecule has 0 aliphatic carbocycles. The lowest BCUT2D eigenvalue weighted by atomic mass is 10.3. The molecular formula is C9H12N4O. The van der Waals surface area contributed by atoms with Crippen molar-refractivity contribution in [3.8, 4) is 0 Å². The molecule has 0 bridgehead atoms. The van der Waals surface area contributed by atoms with Crippen molar-refractivity contribution in [2.45, 2.75) is 26.3 Å². The zero-order valence-electron chi connectivity index (χ0n) is 8.05. The number of rotatable bonds is 4. The van der Waals surface area contributed by atoms with Gasteiger partial charge in [0.1, 0.15) is 6.54 Å². The van der Waals surface area contributed by atoms with Gasteiger partial charge in [0, 0.05) is 18.8 Å². The largest absolute Gasteiger partial charge is 0.337 e. The van der Waals surface area contributed by atoms with E-state index in [1.165, 1.54) is 0 Å². The third-order valence-corrected chi connectivity index (χ3v) is 1.84. The normalized spacial score (nSPS) is 10.6. The third-order valence-electron chi connectivity index (χ3n) is 1.84. The molecular weight excluding hydrogens is 180 g/mol. The van der Waals surface area contributed by atoms with Gasteiger partial charge in [-0.2, -0.15) is 10.1 Å². The van der Waals surface area contributed by atoms with E-state index in [4.69, 9.17) is 4.52 Å². The highest BCUT2D eigenvalue weighted by atomic mass is 16.5. The molecule has 0 saturated carbocycles. The SMILES string of the molecule is CCCc1noc(Cn2cccn2)n1. The first-order chi connectivity index (χ1) is 6.88. The van der Waals surface area contributed by atoms with Crippen LogP contribution in [0.2, 0.25) is 0 Å². The molecule has 2 aromatic heterocycles. The highest BCUT2D eigenvalue weighted by Gasteiger charge is 2.05. The Morgan fingerprint density at radius 2 is 2.43 bits per heavy atom. The lowest BCUT2D eigenvalue weighted by molar-refractivity contribution is 0.361. The van der Waals surface area contributed by atoms with Crippen molar-refractivity contribution in [2.75, 3.05) is 0 Å². The van der Waals surface area contributed by atoms with Crippen LogP contribution in [0.5, 0.6) is 0 Å². The van der Waals surface area contributed by atoms with E-state index >= 15 is 0 Å². The zero-order valence-corrected chi connectivity index (χ0v) is 8.05. The molecule has 0 spiro atoms. The second-order valence-corrected chi connectivity index (χ2v) is 3.06. The van der Waals surface area contributed by atoms with Crippen LogP contribution in [-0.4, -0.2) is 19.9 Å². The molecule has 0 aromatic carbocycles. The predicted octanol–water partition coefficient (Wildman–Crippen LogP) is 1.27. The minimum atomic E-state index is 0.545. The molecule has 0 aliphatic rings. The summed E-state index contributed by atoms with van der Waals surface area (Å²) in [4.78, 5) is 4.24. The van der Waals surface area contributed by atoms with Gasteiger partial charge in [0.05, 0.1) is 0 Å². The van der Waals surface area contributed by atoms with Crippen LogP contribution in [0.4, 0.5) is 0 Å². The first-order valence-corrected chi connectivity index (χ1v) is 4.67. The van der Waals surface area contributed by atoms with Crippen LogP contribution in [0.15, 0.2) is 23.0 Å². The van der Waals surface area contributed by atoms with Crippen molar-refractivity contribution in [3.05, 3.63) is 30.2 Å². The number of hydrogen-bond acceptors (Lipinski definition) is 4. The van der Waals surface area contributed by atoms with Gasteiger partial charge in [-0.3, -0.25) is 4.68 Å². The molecule has 2 rings (SSSR count). The predicted molar refractivity (Wildman–Crippen MR) is 49.6 cm³/mol. The second-order valence-electron chi connectivity index (χ2n) is 3.06. The lowest BCUT2D eigenvalue weighted by Gasteiger charge is -1.92. The number of aryl methyl sites for hydroxylation is 1. The van der Waals surface area contributed by atoms with Gasteiger partial charge < -0.3 is 4.52 Å². The lowest BCUT2D eigenvalue weighted by Crippen LogP contribution is -2.00. The quantitative estimate of drug-likeness (QED) is 0.731.